The third kappa shape index (κ3) is 8.43. The number of fused-ring (bicyclic) bond motifs is 2. The molecule has 2 aliphatic rings. The van der Waals surface area contributed by atoms with E-state index in [2.05, 4.69) is 16.0 Å². The van der Waals surface area contributed by atoms with Gasteiger partial charge in [0.1, 0.15) is 29.9 Å². The van der Waals surface area contributed by atoms with Crippen molar-refractivity contribution in [3.05, 3.63) is 82.2 Å². The fourth-order valence-corrected chi connectivity index (χ4v) is 7.69. The number of para-hydroxylation sites is 2. The second kappa shape index (κ2) is 15.6. The van der Waals surface area contributed by atoms with Crippen LogP contribution in [0, 0.1) is 0 Å². The third-order valence-electron chi connectivity index (χ3n) is 9.58. The molecular weight excluding hydrogens is 712 g/mol. The predicted molar refractivity (Wildman–Crippen MR) is 206 cm³/mol. The topological polar surface area (TPSA) is 142 Å². The summed E-state index contributed by atoms with van der Waals surface area (Å²) in [6.07, 6.45) is 2.31. The number of nitrogens with zero attached hydrogens (tertiary/aromatic N) is 3. The van der Waals surface area contributed by atoms with Crippen LogP contribution in [0.5, 0.6) is 0 Å². The molecule has 54 heavy (non-hydrogen) atoms. The first-order chi connectivity index (χ1) is 25.6. The number of hydrogen-bond acceptors (Lipinski definition) is 7. The number of amides is 5. The normalized spacial score (nSPS) is 16.7. The van der Waals surface area contributed by atoms with E-state index < -0.39 is 47.8 Å². The number of nitrogens with one attached hydrogen (secondary N) is 3. The van der Waals surface area contributed by atoms with Gasteiger partial charge in [-0.25, -0.2) is 9.18 Å². The zero-order chi connectivity index (χ0) is 38.8. The van der Waals surface area contributed by atoms with Crippen LogP contribution in [0.25, 0.3) is 10.9 Å². The molecule has 0 aliphatic carbocycles. The van der Waals surface area contributed by atoms with Gasteiger partial charge in [0.2, 0.25) is 23.6 Å². The predicted octanol–water partition coefficient (Wildman–Crippen LogP) is 5.40. The number of hydrogen-bond donors (Lipinski definition) is 3. The molecule has 0 spiro atoms. The molecule has 286 valence electrons. The Labute approximate surface area is 318 Å². The Bertz CT molecular complexity index is 2050. The van der Waals surface area contributed by atoms with Crippen LogP contribution in [0.2, 0.25) is 0 Å². The lowest BCUT2D eigenvalue weighted by atomic mass is 9.94. The highest BCUT2D eigenvalue weighted by molar-refractivity contribution is 7.07. The summed E-state index contributed by atoms with van der Waals surface area (Å²) in [6, 6.07) is 12.8. The van der Waals surface area contributed by atoms with Crippen molar-refractivity contribution in [3.8, 4) is 0 Å². The summed E-state index contributed by atoms with van der Waals surface area (Å²) < 4.78 is 20.7. The molecule has 2 aromatic heterocycles. The standard InChI is InChI=1S/C40H47FN6O6S/c1-39(2,3)53-38(52)44-40(4,5)37(51)43-29(21-27-23-45(18-16-41)31-12-7-6-11-28(27)31)35(49)42-30-20-26-10-8-13-32(46-17-9-14-33(46)48)34(26)47(36(30)50)22-25-15-19-54-24-25/h6-8,10-13,15,19,23-24,29-30H,9,14,16-18,20-22H2,1-5H3,(H,42,49)(H,43,51)(H,44,52)/t29-,30?/m1/s1. The Morgan fingerprint density at radius 1 is 1.04 bits per heavy atom. The van der Waals surface area contributed by atoms with Crippen molar-refractivity contribution in [3.63, 3.8) is 0 Å². The van der Waals surface area contributed by atoms with Crippen LogP contribution in [0.1, 0.15) is 64.2 Å². The average molecular weight is 759 g/mol. The first kappa shape index (κ1) is 38.5. The van der Waals surface area contributed by atoms with E-state index in [4.69, 9.17) is 4.74 Å². The quantitative estimate of drug-likeness (QED) is 0.177. The first-order valence-electron chi connectivity index (χ1n) is 18.1. The maximum Gasteiger partial charge on any atom is 0.408 e. The maximum absolute atomic E-state index is 14.5. The molecule has 4 heterocycles. The van der Waals surface area contributed by atoms with Crippen molar-refractivity contribution < 1.29 is 33.1 Å². The van der Waals surface area contributed by atoms with Gasteiger partial charge < -0.3 is 35.1 Å². The largest absolute Gasteiger partial charge is 0.444 e. The minimum atomic E-state index is -1.50. The number of halogens is 1. The SMILES string of the molecule is CC(C)(C)OC(=O)NC(C)(C)C(=O)N[C@H](Cc1cn(CCF)c2ccccc12)C(=O)NC1Cc2cccc(N3CCCC3=O)c2N(Cc2ccsc2)C1=O. The second-order valence-electron chi connectivity index (χ2n) is 15.3. The summed E-state index contributed by atoms with van der Waals surface area (Å²) in [4.78, 5) is 71.7. The van der Waals surface area contributed by atoms with Gasteiger partial charge in [-0.05, 0) is 86.7 Å². The Hall–Kier alpha value is -5.24. The number of benzene rings is 2. The zero-order valence-corrected chi connectivity index (χ0v) is 32.1. The number of carbonyl (C=O) groups excluding carboxylic acids is 5. The van der Waals surface area contributed by atoms with Crippen LogP contribution in [-0.2, 0) is 49.8 Å². The molecule has 1 unspecified atom stereocenters. The number of anilines is 2. The van der Waals surface area contributed by atoms with E-state index >= 15 is 0 Å². The summed E-state index contributed by atoms with van der Waals surface area (Å²) >= 11 is 1.51. The molecule has 0 radical (unpaired) electrons. The minimum Gasteiger partial charge on any atom is -0.444 e. The van der Waals surface area contributed by atoms with Crippen molar-refractivity contribution in [2.45, 2.75) is 96.6 Å². The molecule has 3 N–H and O–H groups in total. The van der Waals surface area contributed by atoms with Gasteiger partial charge in [-0.3, -0.25) is 19.2 Å². The highest BCUT2D eigenvalue weighted by atomic mass is 32.1. The van der Waals surface area contributed by atoms with Gasteiger partial charge in [-0.15, -0.1) is 0 Å². The highest BCUT2D eigenvalue weighted by Crippen LogP contribution is 2.40. The minimum absolute atomic E-state index is 0.00250. The highest BCUT2D eigenvalue weighted by Gasteiger charge is 2.40. The monoisotopic (exact) mass is 758 g/mol. The number of aryl methyl sites for hydroxylation is 1. The summed E-state index contributed by atoms with van der Waals surface area (Å²) in [5.41, 5.74) is 2.18. The third-order valence-corrected chi connectivity index (χ3v) is 10.3. The van der Waals surface area contributed by atoms with Gasteiger partial charge >= 0.3 is 6.09 Å². The summed E-state index contributed by atoms with van der Waals surface area (Å²) in [7, 11) is 0. The Morgan fingerprint density at radius 3 is 2.50 bits per heavy atom. The van der Waals surface area contributed by atoms with Crippen LogP contribution < -0.4 is 25.8 Å². The molecule has 2 atom stereocenters. The average Bonchev–Trinajstić information content (AvgIpc) is 3.86. The van der Waals surface area contributed by atoms with E-state index in [1.54, 1.807) is 41.3 Å². The molecule has 0 bridgehead atoms. The van der Waals surface area contributed by atoms with Crippen molar-refractivity contribution in [1.82, 2.24) is 20.5 Å². The molecule has 1 saturated heterocycles. The molecule has 1 fully saturated rings. The van der Waals surface area contributed by atoms with E-state index in [-0.39, 0.29) is 37.7 Å². The number of rotatable bonds is 12. The van der Waals surface area contributed by atoms with Crippen molar-refractivity contribution in [2.75, 3.05) is 23.0 Å². The van der Waals surface area contributed by atoms with Gasteiger partial charge in [0, 0.05) is 42.9 Å². The molecule has 6 rings (SSSR count). The molecule has 5 amide bonds. The smallest absolute Gasteiger partial charge is 0.408 e. The Morgan fingerprint density at radius 2 is 1.81 bits per heavy atom. The van der Waals surface area contributed by atoms with E-state index in [1.165, 1.54) is 25.2 Å². The second-order valence-corrected chi connectivity index (χ2v) is 16.1. The molecular formula is C40H47FN6O6S. The van der Waals surface area contributed by atoms with Crippen LogP contribution in [0.15, 0.2) is 65.5 Å². The van der Waals surface area contributed by atoms with Crippen LogP contribution in [-0.4, -0.2) is 70.7 Å². The van der Waals surface area contributed by atoms with Gasteiger partial charge in [-0.1, -0.05) is 30.3 Å². The Kier molecular flexibility index (Phi) is 11.1. The number of alkyl halides is 1. The molecule has 4 aromatic rings. The summed E-state index contributed by atoms with van der Waals surface area (Å²) in [5.74, 6) is -1.61. The number of ether oxygens (including phenoxy) is 1. The van der Waals surface area contributed by atoms with Crippen LogP contribution in [0.4, 0.5) is 20.6 Å². The number of thiophene rings is 1. The lowest BCUT2D eigenvalue weighted by molar-refractivity contribution is -0.133. The van der Waals surface area contributed by atoms with Crippen LogP contribution >= 0.6 is 11.3 Å². The lowest BCUT2D eigenvalue weighted by Crippen LogP contribution is -2.61. The van der Waals surface area contributed by atoms with Crippen molar-refractivity contribution in [1.29, 1.82) is 0 Å². The Balaban J connectivity index is 1.32. The van der Waals surface area contributed by atoms with Crippen molar-refractivity contribution in [2.24, 2.45) is 0 Å². The van der Waals surface area contributed by atoms with E-state index in [0.717, 1.165) is 28.5 Å². The van der Waals surface area contributed by atoms with Gasteiger partial charge in [-0.2, -0.15) is 11.3 Å². The van der Waals surface area contributed by atoms with E-state index in [9.17, 15) is 28.4 Å². The van der Waals surface area contributed by atoms with Crippen molar-refractivity contribution >= 4 is 63.3 Å². The summed E-state index contributed by atoms with van der Waals surface area (Å²) in [5, 5.41) is 13.0. The molecule has 2 aliphatic heterocycles. The van der Waals surface area contributed by atoms with Gasteiger partial charge in [0.15, 0.2) is 0 Å². The van der Waals surface area contributed by atoms with Gasteiger partial charge in [0.05, 0.1) is 24.5 Å². The molecule has 2 aromatic carbocycles. The van der Waals surface area contributed by atoms with E-state index in [0.29, 0.717) is 29.9 Å². The number of carbonyl (C=O) groups is 5. The first-order valence-corrected chi connectivity index (χ1v) is 19.1. The van der Waals surface area contributed by atoms with E-state index in [1.807, 2.05) is 59.3 Å². The summed E-state index contributed by atoms with van der Waals surface area (Å²) in [6.45, 7) is 8.43. The number of alkyl carbamates (subject to hydrolysis) is 1. The molecule has 12 nitrogen and oxygen atoms in total. The molecule has 14 heteroatoms. The zero-order valence-electron chi connectivity index (χ0n) is 31.2. The van der Waals surface area contributed by atoms with Crippen LogP contribution in [0.3, 0.4) is 0 Å². The maximum atomic E-state index is 14.5. The molecule has 0 saturated carbocycles. The fourth-order valence-electron chi connectivity index (χ4n) is 7.03. The lowest BCUT2D eigenvalue weighted by Gasteiger charge is -2.37. The fraction of sp³-hybridized carbons (Fsp3) is 0.425. The van der Waals surface area contributed by atoms with Gasteiger partial charge in [0.25, 0.3) is 0 Å². The number of aromatic nitrogens is 1.